The summed E-state index contributed by atoms with van der Waals surface area (Å²) in [6, 6.07) is 4.35. The Hall–Kier alpha value is -1.96. The molecular formula is C11H13NO6S. The van der Waals surface area contributed by atoms with E-state index in [1.54, 1.807) is 0 Å². The lowest BCUT2D eigenvalue weighted by atomic mass is 9.97. The number of aliphatic carboxylic acids is 1. The highest BCUT2D eigenvalue weighted by molar-refractivity contribution is 7.91. The number of carbonyl (C=O) groups is 1. The van der Waals surface area contributed by atoms with Crippen LogP contribution in [0.4, 0.5) is 5.69 Å². The third kappa shape index (κ3) is 3.50. The van der Waals surface area contributed by atoms with Crippen LogP contribution in [-0.4, -0.2) is 30.2 Å². The van der Waals surface area contributed by atoms with Gasteiger partial charge < -0.3 is 5.11 Å². The van der Waals surface area contributed by atoms with E-state index in [0.717, 1.165) is 24.3 Å². The highest BCUT2D eigenvalue weighted by Crippen LogP contribution is 2.24. The average Bonchev–Trinajstić information content (AvgIpc) is 2.27. The molecule has 0 atom stereocenters. The number of rotatable bonds is 5. The fraction of sp³-hybridized carbons (Fsp3) is 0.364. The highest BCUT2D eigenvalue weighted by atomic mass is 32.2. The summed E-state index contributed by atoms with van der Waals surface area (Å²) in [4.78, 5) is 20.6. The molecule has 0 amide bonds. The predicted molar refractivity (Wildman–Crippen MR) is 66.6 cm³/mol. The standard InChI is InChI=1S/C11H13NO6S/c1-11(2,10(13)14)7-19(17,18)9-5-3-8(4-6-9)12(15)16/h3-6H,7H2,1-2H3,(H,13,14). The molecule has 7 nitrogen and oxygen atoms in total. The number of hydrogen-bond acceptors (Lipinski definition) is 5. The molecule has 0 spiro atoms. The number of nitrogens with zero attached hydrogens (tertiary/aromatic N) is 1. The molecule has 1 aromatic carbocycles. The maximum absolute atomic E-state index is 12.0. The number of hydrogen-bond donors (Lipinski definition) is 1. The third-order valence-electron chi connectivity index (χ3n) is 2.54. The summed E-state index contributed by atoms with van der Waals surface area (Å²) in [5.41, 5.74) is -1.66. The molecule has 1 rings (SSSR count). The average molecular weight is 287 g/mol. The first kappa shape index (κ1) is 15.1. The molecule has 0 bridgehead atoms. The van der Waals surface area contributed by atoms with Crippen molar-refractivity contribution >= 4 is 21.5 Å². The molecule has 0 fully saturated rings. The Labute approximate surface area is 109 Å². The van der Waals surface area contributed by atoms with Crippen LogP contribution in [0.2, 0.25) is 0 Å². The number of carboxylic acids is 1. The van der Waals surface area contributed by atoms with Crippen LogP contribution in [0.15, 0.2) is 29.2 Å². The van der Waals surface area contributed by atoms with E-state index >= 15 is 0 Å². The Morgan fingerprint density at radius 2 is 1.79 bits per heavy atom. The number of carboxylic acid groups (broad SMARTS) is 1. The molecule has 0 aliphatic heterocycles. The zero-order chi connectivity index (χ0) is 14.8. The summed E-state index contributed by atoms with van der Waals surface area (Å²) in [7, 11) is -3.81. The van der Waals surface area contributed by atoms with Crippen molar-refractivity contribution in [3.63, 3.8) is 0 Å². The van der Waals surface area contributed by atoms with Crippen molar-refractivity contribution in [1.82, 2.24) is 0 Å². The van der Waals surface area contributed by atoms with E-state index in [1.165, 1.54) is 13.8 Å². The molecular weight excluding hydrogens is 274 g/mol. The van der Waals surface area contributed by atoms with Gasteiger partial charge in [0.15, 0.2) is 9.84 Å². The number of nitro groups is 1. The summed E-state index contributed by atoms with van der Waals surface area (Å²) in [5, 5.41) is 19.4. The quantitative estimate of drug-likeness (QED) is 0.648. The first-order valence-electron chi connectivity index (χ1n) is 5.27. The molecule has 0 radical (unpaired) electrons. The first-order valence-corrected chi connectivity index (χ1v) is 6.92. The summed E-state index contributed by atoms with van der Waals surface area (Å²) < 4.78 is 24.0. The van der Waals surface area contributed by atoms with Gasteiger partial charge >= 0.3 is 5.97 Å². The van der Waals surface area contributed by atoms with Crippen LogP contribution >= 0.6 is 0 Å². The lowest BCUT2D eigenvalue weighted by Gasteiger charge is -2.18. The molecule has 1 aromatic rings. The van der Waals surface area contributed by atoms with E-state index in [1.807, 2.05) is 0 Å². The Morgan fingerprint density at radius 1 is 1.32 bits per heavy atom. The monoisotopic (exact) mass is 287 g/mol. The maximum Gasteiger partial charge on any atom is 0.310 e. The number of benzene rings is 1. The molecule has 104 valence electrons. The van der Waals surface area contributed by atoms with Crippen LogP contribution in [0.25, 0.3) is 0 Å². The molecule has 19 heavy (non-hydrogen) atoms. The second-order valence-electron chi connectivity index (χ2n) is 4.70. The Kier molecular flexibility index (Phi) is 3.94. The van der Waals surface area contributed by atoms with Crippen LogP contribution < -0.4 is 0 Å². The zero-order valence-electron chi connectivity index (χ0n) is 10.4. The van der Waals surface area contributed by atoms with Crippen molar-refractivity contribution in [2.24, 2.45) is 5.41 Å². The Balaban J connectivity index is 3.08. The van der Waals surface area contributed by atoms with Gasteiger partial charge in [0, 0.05) is 12.1 Å². The molecule has 0 saturated heterocycles. The van der Waals surface area contributed by atoms with E-state index in [0.29, 0.717) is 0 Å². The minimum Gasteiger partial charge on any atom is -0.481 e. The summed E-state index contributed by atoms with van der Waals surface area (Å²) in [5.74, 6) is -1.80. The SMILES string of the molecule is CC(C)(CS(=O)(=O)c1ccc([N+](=O)[O-])cc1)C(=O)O. The largest absolute Gasteiger partial charge is 0.481 e. The lowest BCUT2D eigenvalue weighted by Crippen LogP contribution is -2.32. The number of nitro benzene ring substituents is 1. The molecule has 0 aliphatic carbocycles. The van der Waals surface area contributed by atoms with Crippen molar-refractivity contribution in [2.75, 3.05) is 5.75 Å². The van der Waals surface area contributed by atoms with Gasteiger partial charge in [-0.1, -0.05) is 0 Å². The molecule has 8 heteroatoms. The minimum atomic E-state index is -3.81. The van der Waals surface area contributed by atoms with Gasteiger partial charge in [-0.25, -0.2) is 8.42 Å². The second-order valence-corrected chi connectivity index (χ2v) is 6.69. The van der Waals surface area contributed by atoms with Gasteiger partial charge in [-0.3, -0.25) is 14.9 Å². The lowest BCUT2D eigenvalue weighted by molar-refractivity contribution is -0.384. The Morgan fingerprint density at radius 3 is 2.16 bits per heavy atom. The van der Waals surface area contributed by atoms with E-state index < -0.39 is 31.9 Å². The van der Waals surface area contributed by atoms with E-state index in [4.69, 9.17) is 5.11 Å². The molecule has 0 heterocycles. The van der Waals surface area contributed by atoms with Crippen molar-refractivity contribution in [3.8, 4) is 0 Å². The van der Waals surface area contributed by atoms with Crippen molar-refractivity contribution in [3.05, 3.63) is 34.4 Å². The number of sulfone groups is 1. The van der Waals surface area contributed by atoms with Crippen molar-refractivity contribution in [1.29, 1.82) is 0 Å². The summed E-state index contributed by atoms with van der Waals surface area (Å²) in [6.07, 6.45) is 0. The predicted octanol–water partition coefficient (Wildman–Crippen LogP) is 1.48. The van der Waals surface area contributed by atoms with Crippen LogP contribution in [0.5, 0.6) is 0 Å². The smallest absolute Gasteiger partial charge is 0.310 e. The molecule has 0 saturated carbocycles. The summed E-state index contributed by atoms with van der Waals surface area (Å²) >= 11 is 0. The van der Waals surface area contributed by atoms with Gasteiger partial charge in [-0.05, 0) is 26.0 Å². The van der Waals surface area contributed by atoms with Gasteiger partial charge in [0.25, 0.3) is 5.69 Å². The fourth-order valence-corrected chi connectivity index (χ4v) is 3.19. The topological polar surface area (TPSA) is 115 Å². The highest BCUT2D eigenvalue weighted by Gasteiger charge is 2.34. The van der Waals surface area contributed by atoms with Gasteiger partial charge in [-0.2, -0.15) is 0 Å². The molecule has 1 N–H and O–H groups in total. The number of non-ortho nitro benzene ring substituents is 1. The Bertz CT molecular complexity index is 603. The maximum atomic E-state index is 12.0. The van der Waals surface area contributed by atoms with Gasteiger partial charge in [0.2, 0.25) is 0 Å². The molecule has 0 aliphatic rings. The van der Waals surface area contributed by atoms with Crippen LogP contribution in [-0.2, 0) is 14.6 Å². The van der Waals surface area contributed by atoms with Crippen molar-refractivity contribution in [2.45, 2.75) is 18.7 Å². The zero-order valence-corrected chi connectivity index (χ0v) is 11.2. The van der Waals surface area contributed by atoms with Crippen molar-refractivity contribution < 1.29 is 23.2 Å². The molecule has 0 aromatic heterocycles. The van der Waals surface area contributed by atoms with Crippen LogP contribution in [0.1, 0.15) is 13.8 Å². The fourth-order valence-electron chi connectivity index (χ4n) is 1.40. The van der Waals surface area contributed by atoms with Gasteiger partial charge in [-0.15, -0.1) is 0 Å². The first-order chi connectivity index (χ1) is 8.56. The molecule has 0 unspecified atom stereocenters. The van der Waals surface area contributed by atoms with Gasteiger partial charge in [0.05, 0.1) is 21.0 Å². The normalized spacial score (nSPS) is 12.1. The van der Waals surface area contributed by atoms with E-state index in [-0.39, 0.29) is 10.6 Å². The van der Waals surface area contributed by atoms with E-state index in [9.17, 15) is 23.3 Å². The minimum absolute atomic E-state index is 0.132. The van der Waals surface area contributed by atoms with Crippen LogP contribution in [0.3, 0.4) is 0 Å². The second kappa shape index (κ2) is 4.96. The third-order valence-corrected chi connectivity index (χ3v) is 4.63. The van der Waals surface area contributed by atoms with Crippen LogP contribution in [0, 0.1) is 15.5 Å². The summed E-state index contributed by atoms with van der Waals surface area (Å²) in [6.45, 7) is 2.61. The van der Waals surface area contributed by atoms with E-state index in [2.05, 4.69) is 0 Å². The van der Waals surface area contributed by atoms with Gasteiger partial charge in [0.1, 0.15) is 0 Å².